The largest absolute Gasteiger partial charge is 0.489 e. The molecule has 4 heterocycles. The van der Waals surface area contributed by atoms with Gasteiger partial charge in [0.25, 0.3) is 0 Å². The standard InChI is InChI=1S/C25H28N6O4S/c1-12(2)35-20-7-16-14(8-28-30-16)5-17(20)29-23-22-15-4-3-13(6-21(15)36-24(22)27-11-26-23)25(34)31-9-18(32)19(33)10-31/h5,7-8,11-13,18-19,32-33H,3-4,6,9-10H2,1-2H3,(H,28,30)(H,26,27,29)/t13-,18-,19-/m0/s1. The fraction of sp³-hybridized carbons (Fsp3) is 0.440. The van der Waals surface area contributed by atoms with Crippen LogP contribution in [0.3, 0.4) is 0 Å². The Hall–Kier alpha value is -3.28. The molecule has 188 valence electrons. The predicted molar refractivity (Wildman–Crippen MR) is 137 cm³/mol. The minimum atomic E-state index is -0.868. The van der Waals surface area contributed by atoms with E-state index in [1.807, 2.05) is 26.0 Å². The molecule has 1 saturated heterocycles. The first kappa shape index (κ1) is 23.1. The number of benzene rings is 1. The summed E-state index contributed by atoms with van der Waals surface area (Å²) in [5.74, 6) is 1.26. The van der Waals surface area contributed by atoms with Crippen LogP contribution in [0.25, 0.3) is 21.1 Å². The highest BCUT2D eigenvalue weighted by Gasteiger charge is 2.37. The van der Waals surface area contributed by atoms with Crippen molar-refractivity contribution < 1.29 is 19.7 Å². The van der Waals surface area contributed by atoms with Crippen molar-refractivity contribution in [3.05, 3.63) is 35.1 Å². The molecule has 0 spiro atoms. The zero-order valence-electron chi connectivity index (χ0n) is 20.1. The van der Waals surface area contributed by atoms with E-state index in [0.717, 1.165) is 38.1 Å². The fourth-order valence-electron chi connectivity index (χ4n) is 5.17. The molecule has 1 aliphatic heterocycles. The number of H-pyrrole nitrogens is 1. The SMILES string of the molecule is CC(C)Oc1cc2[nH]ncc2cc1Nc1ncnc2sc3c(c12)CC[C@H](C(=O)N1C[C@H](O)[C@@H](O)C1)C3. The second-order valence-electron chi connectivity index (χ2n) is 9.82. The molecular weight excluding hydrogens is 480 g/mol. The van der Waals surface area contributed by atoms with Crippen LogP contribution in [0, 0.1) is 5.92 Å². The molecule has 0 bridgehead atoms. The first-order valence-electron chi connectivity index (χ1n) is 12.2. The normalized spacial score (nSPS) is 21.9. The highest BCUT2D eigenvalue weighted by atomic mass is 32.1. The van der Waals surface area contributed by atoms with Crippen LogP contribution in [0.1, 0.15) is 30.7 Å². The van der Waals surface area contributed by atoms with Crippen LogP contribution in [0.4, 0.5) is 11.5 Å². The van der Waals surface area contributed by atoms with Gasteiger partial charge in [-0.25, -0.2) is 9.97 Å². The molecule has 0 radical (unpaired) electrons. The number of carbonyl (C=O) groups excluding carboxylic acids is 1. The Balaban J connectivity index is 1.31. The van der Waals surface area contributed by atoms with Gasteiger partial charge in [0.1, 0.15) is 22.7 Å². The number of amides is 1. The summed E-state index contributed by atoms with van der Waals surface area (Å²) in [6.45, 7) is 4.36. The van der Waals surface area contributed by atoms with Crippen LogP contribution in [0.2, 0.25) is 0 Å². The summed E-state index contributed by atoms with van der Waals surface area (Å²) >= 11 is 1.60. The summed E-state index contributed by atoms with van der Waals surface area (Å²) in [7, 11) is 0. The Morgan fingerprint density at radius 3 is 2.83 bits per heavy atom. The minimum Gasteiger partial charge on any atom is -0.489 e. The lowest BCUT2D eigenvalue weighted by Crippen LogP contribution is -2.37. The summed E-state index contributed by atoms with van der Waals surface area (Å²) in [4.78, 5) is 25.8. The van der Waals surface area contributed by atoms with Gasteiger partial charge >= 0.3 is 0 Å². The van der Waals surface area contributed by atoms with E-state index in [2.05, 4.69) is 25.5 Å². The summed E-state index contributed by atoms with van der Waals surface area (Å²) < 4.78 is 6.08. The molecule has 3 atom stereocenters. The van der Waals surface area contributed by atoms with Crippen molar-refractivity contribution in [2.75, 3.05) is 18.4 Å². The van der Waals surface area contributed by atoms with Gasteiger partial charge in [0.15, 0.2) is 0 Å². The lowest BCUT2D eigenvalue weighted by atomic mass is 9.87. The van der Waals surface area contributed by atoms with Crippen molar-refractivity contribution in [1.82, 2.24) is 25.1 Å². The van der Waals surface area contributed by atoms with Gasteiger partial charge in [0.05, 0.1) is 41.1 Å². The molecular formula is C25H28N6O4S. The molecule has 11 heteroatoms. The second-order valence-corrected chi connectivity index (χ2v) is 10.9. The minimum absolute atomic E-state index is 0.00188. The number of β-amino-alcohol motifs (C(OH)–C–C–N with tert-alkyl or cyclic N) is 2. The Morgan fingerprint density at radius 1 is 1.25 bits per heavy atom. The third-order valence-electron chi connectivity index (χ3n) is 6.92. The molecule has 2 aliphatic rings. The van der Waals surface area contributed by atoms with E-state index in [4.69, 9.17) is 4.74 Å². The van der Waals surface area contributed by atoms with E-state index < -0.39 is 12.2 Å². The number of aliphatic hydroxyl groups excluding tert-OH is 2. The van der Waals surface area contributed by atoms with Crippen molar-refractivity contribution in [2.24, 2.45) is 5.92 Å². The molecule has 6 rings (SSSR count). The first-order valence-corrected chi connectivity index (χ1v) is 13.0. The third-order valence-corrected chi connectivity index (χ3v) is 8.08. The van der Waals surface area contributed by atoms with E-state index in [-0.39, 0.29) is 31.0 Å². The first-order chi connectivity index (χ1) is 17.4. The van der Waals surface area contributed by atoms with Gasteiger partial charge in [-0.15, -0.1) is 11.3 Å². The third kappa shape index (κ3) is 4.06. The van der Waals surface area contributed by atoms with Crippen LogP contribution < -0.4 is 10.1 Å². The number of nitrogens with one attached hydrogen (secondary N) is 2. The quantitative estimate of drug-likeness (QED) is 0.323. The van der Waals surface area contributed by atoms with Gasteiger partial charge in [-0.3, -0.25) is 9.89 Å². The molecule has 4 N–H and O–H groups in total. The van der Waals surface area contributed by atoms with E-state index in [0.29, 0.717) is 24.4 Å². The molecule has 3 aromatic heterocycles. The highest BCUT2D eigenvalue weighted by molar-refractivity contribution is 7.19. The van der Waals surface area contributed by atoms with Gasteiger partial charge in [0, 0.05) is 35.3 Å². The number of rotatable bonds is 5. The zero-order chi connectivity index (χ0) is 25.0. The maximum Gasteiger partial charge on any atom is 0.226 e. The zero-order valence-corrected chi connectivity index (χ0v) is 20.9. The number of hydrogen-bond donors (Lipinski definition) is 4. The molecule has 0 unspecified atom stereocenters. The number of nitrogens with zero attached hydrogens (tertiary/aromatic N) is 4. The summed E-state index contributed by atoms with van der Waals surface area (Å²) in [6, 6.07) is 3.94. The Kier molecular flexibility index (Phi) is 5.78. The molecule has 4 aromatic rings. The molecule has 0 saturated carbocycles. The molecule has 1 aromatic carbocycles. The Labute approximate surface area is 211 Å². The van der Waals surface area contributed by atoms with Crippen LogP contribution in [-0.2, 0) is 17.6 Å². The number of carbonyl (C=O) groups is 1. The van der Waals surface area contributed by atoms with Gasteiger partial charge in [-0.2, -0.15) is 5.10 Å². The molecule has 1 fully saturated rings. The van der Waals surface area contributed by atoms with Gasteiger partial charge in [-0.05, 0) is 44.7 Å². The molecule has 36 heavy (non-hydrogen) atoms. The number of thiophene rings is 1. The number of aryl methyl sites for hydroxylation is 1. The van der Waals surface area contributed by atoms with Gasteiger partial charge in [0.2, 0.25) is 5.91 Å². The van der Waals surface area contributed by atoms with Crippen molar-refractivity contribution in [2.45, 2.75) is 51.4 Å². The summed E-state index contributed by atoms with van der Waals surface area (Å²) in [5, 5.41) is 32.3. The average Bonchev–Trinajstić information content (AvgIpc) is 3.55. The predicted octanol–water partition coefficient (Wildman–Crippen LogP) is 2.77. The smallest absolute Gasteiger partial charge is 0.226 e. The van der Waals surface area contributed by atoms with Crippen molar-refractivity contribution in [3.63, 3.8) is 0 Å². The van der Waals surface area contributed by atoms with E-state index >= 15 is 0 Å². The van der Waals surface area contributed by atoms with Crippen LogP contribution in [-0.4, -0.2) is 72.6 Å². The number of likely N-dealkylation sites (tertiary alicyclic amines) is 1. The van der Waals surface area contributed by atoms with E-state index in [1.54, 1.807) is 28.8 Å². The topological polar surface area (TPSA) is 136 Å². The van der Waals surface area contributed by atoms with Crippen molar-refractivity contribution in [1.29, 1.82) is 0 Å². The number of ether oxygens (including phenoxy) is 1. The molecule has 1 amide bonds. The Bertz CT molecular complexity index is 1440. The Morgan fingerprint density at radius 2 is 2.06 bits per heavy atom. The number of aromatic nitrogens is 4. The number of anilines is 2. The number of aliphatic hydroxyl groups is 2. The number of hydrogen-bond acceptors (Lipinski definition) is 9. The summed E-state index contributed by atoms with van der Waals surface area (Å²) in [5.41, 5.74) is 2.87. The lowest BCUT2D eigenvalue weighted by molar-refractivity contribution is -0.135. The van der Waals surface area contributed by atoms with Crippen LogP contribution in [0.15, 0.2) is 24.7 Å². The number of fused-ring (bicyclic) bond motifs is 4. The van der Waals surface area contributed by atoms with Gasteiger partial charge < -0.3 is 25.2 Å². The average molecular weight is 509 g/mol. The van der Waals surface area contributed by atoms with Crippen molar-refractivity contribution >= 4 is 49.9 Å². The van der Waals surface area contributed by atoms with Crippen molar-refractivity contribution in [3.8, 4) is 5.75 Å². The lowest BCUT2D eigenvalue weighted by Gasteiger charge is -2.26. The fourth-order valence-corrected chi connectivity index (χ4v) is 6.44. The number of aromatic amines is 1. The monoisotopic (exact) mass is 508 g/mol. The summed E-state index contributed by atoms with van der Waals surface area (Å²) in [6.07, 6.45) is 3.66. The van der Waals surface area contributed by atoms with Crippen LogP contribution in [0.5, 0.6) is 5.75 Å². The van der Waals surface area contributed by atoms with E-state index in [1.165, 1.54) is 5.56 Å². The maximum atomic E-state index is 13.1. The van der Waals surface area contributed by atoms with E-state index in [9.17, 15) is 15.0 Å². The molecule has 10 nitrogen and oxygen atoms in total. The van der Waals surface area contributed by atoms with Crippen LogP contribution >= 0.6 is 11.3 Å². The second kappa shape index (κ2) is 8.99. The highest BCUT2D eigenvalue weighted by Crippen LogP contribution is 2.42. The maximum absolute atomic E-state index is 13.1. The molecule has 1 aliphatic carbocycles. The van der Waals surface area contributed by atoms with Gasteiger partial charge in [-0.1, -0.05) is 0 Å².